The zero-order valence-electron chi connectivity index (χ0n) is 9.87. The summed E-state index contributed by atoms with van der Waals surface area (Å²) in [6, 6.07) is 0.274. The predicted molar refractivity (Wildman–Crippen MR) is 65.0 cm³/mol. The molecule has 0 amide bonds. The first-order valence-electron chi connectivity index (χ1n) is 6.03. The monoisotopic (exact) mass is 255 g/mol. The molecule has 2 fully saturated rings. The Bertz CT molecular complexity index is 392. The van der Waals surface area contributed by atoms with Crippen molar-refractivity contribution in [3.8, 4) is 0 Å². The van der Waals surface area contributed by atoms with Crippen LogP contribution in [0.4, 0.5) is 0 Å². The van der Waals surface area contributed by atoms with Crippen molar-refractivity contribution in [3.63, 3.8) is 0 Å². The van der Waals surface area contributed by atoms with Crippen molar-refractivity contribution < 1.29 is 9.63 Å². The van der Waals surface area contributed by atoms with Crippen LogP contribution in [0.5, 0.6) is 0 Å². The molecule has 1 aliphatic heterocycles. The Hall–Kier alpha value is -0.590. The van der Waals surface area contributed by atoms with Gasteiger partial charge in [-0.2, -0.15) is 16.7 Å². The first-order valence-corrected chi connectivity index (χ1v) is 7.19. The lowest BCUT2D eigenvalue weighted by Gasteiger charge is -2.29. The van der Waals surface area contributed by atoms with E-state index >= 15 is 0 Å². The summed E-state index contributed by atoms with van der Waals surface area (Å²) in [7, 11) is 2.10. The molecule has 1 aromatic rings. The number of rotatable bonds is 2. The molecule has 2 heterocycles. The second-order valence-electron chi connectivity index (χ2n) is 4.88. The molecule has 1 aliphatic carbocycles. The van der Waals surface area contributed by atoms with E-state index in [1.54, 1.807) is 0 Å². The molecule has 94 valence electrons. The van der Waals surface area contributed by atoms with E-state index in [1.165, 1.54) is 5.75 Å². The van der Waals surface area contributed by atoms with Gasteiger partial charge in [-0.25, -0.2) is 0 Å². The van der Waals surface area contributed by atoms with Gasteiger partial charge < -0.3 is 9.63 Å². The van der Waals surface area contributed by atoms with Crippen molar-refractivity contribution in [1.29, 1.82) is 0 Å². The van der Waals surface area contributed by atoms with Gasteiger partial charge in [0.05, 0.1) is 12.1 Å². The maximum absolute atomic E-state index is 9.28. The Kier molecular flexibility index (Phi) is 3.10. The molecule has 1 aromatic heterocycles. The van der Waals surface area contributed by atoms with Crippen molar-refractivity contribution >= 4 is 11.8 Å². The van der Waals surface area contributed by atoms with Crippen LogP contribution in [0.2, 0.25) is 0 Å². The molecule has 1 atom stereocenters. The zero-order chi connectivity index (χ0) is 11.8. The molecular weight excluding hydrogens is 238 g/mol. The third-order valence-corrected chi connectivity index (χ3v) is 4.64. The van der Waals surface area contributed by atoms with Crippen LogP contribution in [-0.2, 0) is 0 Å². The molecule has 5 nitrogen and oxygen atoms in total. The van der Waals surface area contributed by atoms with Gasteiger partial charge in [0.25, 0.3) is 0 Å². The van der Waals surface area contributed by atoms with Gasteiger partial charge in [-0.05, 0) is 19.9 Å². The predicted octanol–water partition coefficient (Wildman–Crippen LogP) is 1.03. The molecule has 1 saturated heterocycles. The van der Waals surface area contributed by atoms with Gasteiger partial charge >= 0.3 is 0 Å². The second kappa shape index (κ2) is 4.59. The van der Waals surface area contributed by atoms with Crippen molar-refractivity contribution in [2.45, 2.75) is 30.9 Å². The topological polar surface area (TPSA) is 62.4 Å². The minimum absolute atomic E-state index is 0.178. The van der Waals surface area contributed by atoms with E-state index in [2.05, 4.69) is 22.1 Å². The summed E-state index contributed by atoms with van der Waals surface area (Å²) in [5.41, 5.74) is 0. The van der Waals surface area contributed by atoms with Gasteiger partial charge in [-0.15, -0.1) is 0 Å². The third-order valence-electron chi connectivity index (χ3n) is 3.61. The minimum Gasteiger partial charge on any atom is -0.393 e. The van der Waals surface area contributed by atoms with Crippen molar-refractivity contribution in [1.82, 2.24) is 15.0 Å². The van der Waals surface area contributed by atoms with E-state index in [9.17, 15) is 5.11 Å². The van der Waals surface area contributed by atoms with Gasteiger partial charge in [0.15, 0.2) is 5.82 Å². The van der Waals surface area contributed by atoms with E-state index < -0.39 is 0 Å². The summed E-state index contributed by atoms with van der Waals surface area (Å²) in [5, 5.41) is 13.4. The van der Waals surface area contributed by atoms with Crippen LogP contribution in [0.1, 0.15) is 36.5 Å². The fraction of sp³-hybridized carbons (Fsp3) is 0.818. The molecule has 17 heavy (non-hydrogen) atoms. The van der Waals surface area contributed by atoms with E-state index in [1.807, 2.05) is 11.8 Å². The molecule has 2 aliphatic rings. The Morgan fingerprint density at radius 1 is 1.47 bits per heavy atom. The van der Waals surface area contributed by atoms with Crippen LogP contribution in [0.15, 0.2) is 4.52 Å². The number of aliphatic hydroxyl groups excluding tert-OH is 1. The van der Waals surface area contributed by atoms with Crippen molar-refractivity contribution in [2.24, 2.45) is 0 Å². The van der Waals surface area contributed by atoms with Crippen molar-refractivity contribution in [2.75, 3.05) is 25.1 Å². The number of thioether (sulfide) groups is 1. The Labute approximate surface area is 105 Å². The summed E-state index contributed by atoms with van der Waals surface area (Å²) in [4.78, 5) is 6.78. The highest BCUT2D eigenvalue weighted by Crippen LogP contribution is 2.36. The normalized spacial score (nSPS) is 34.6. The fourth-order valence-corrected chi connectivity index (χ4v) is 3.51. The smallest absolute Gasteiger partial charge is 0.230 e. The van der Waals surface area contributed by atoms with Crippen LogP contribution < -0.4 is 0 Å². The van der Waals surface area contributed by atoms with Gasteiger partial charge in [-0.3, -0.25) is 4.90 Å². The summed E-state index contributed by atoms with van der Waals surface area (Å²) >= 11 is 1.94. The summed E-state index contributed by atoms with van der Waals surface area (Å²) < 4.78 is 5.31. The lowest BCUT2D eigenvalue weighted by atomic mass is 9.82. The van der Waals surface area contributed by atoms with Crippen LogP contribution >= 0.6 is 11.8 Å². The lowest BCUT2D eigenvalue weighted by Crippen LogP contribution is -2.33. The van der Waals surface area contributed by atoms with Gasteiger partial charge in [0.1, 0.15) is 0 Å². The highest BCUT2D eigenvalue weighted by Gasteiger charge is 2.34. The lowest BCUT2D eigenvalue weighted by molar-refractivity contribution is 0.0624. The van der Waals surface area contributed by atoms with Gasteiger partial charge in [-0.1, -0.05) is 5.16 Å². The average molecular weight is 255 g/mol. The SMILES string of the molecule is CN1CCSCC1c1noc(C2CC(O)C2)n1. The summed E-state index contributed by atoms with van der Waals surface area (Å²) in [6.07, 6.45) is 1.34. The van der Waals surface area contributed by atoms with E-state index in [0.29, 0.717) is 5.89 Å². The molecule has 1 unspecified atom stereocenters. The van der Waals surface area contributed by atoms with E-state index in [0.717, 1.165) is 31.0 Å². The second-order valence-corrected chi connectivity index (χ2v) is 6.03. The number of aromatic nitrogens is 2. The van der Waals surface area contributed by atoms with Crippen LogP contribution in [0.25, 0.3) is 0 Å². The van der Waals surface area contributed by atoms with Crippen LogP contribution in [0.3, 0.4) is 0 Å². The fourth-order valence-electron chi connectivity index (χ4n) is 2.30. The number of aliphatic hydroxyl groups is 1. The Morgan fingerprint density at radius 3 is 3.00 bits per heavy atom. The maximum Gasteiger partial charge on any atom is 0.230 e. The zero-order valence-corrected chi connectivity index (χ0v) is 10.7. The third kappa shape index (κ3) is 2.21. The Balaban J connectivity index is 1.71. The number of nitrogens with zero attached hydrogens (tertiary/aromatic N) is 3. The largest absolute Gasteiger partial charge is 0.393 e. The number of hydrogen-bond donors (Lipinski definition) is 1. The Morgan fingerprint density at radius 2 is 2.29 bits per heavy atom. The molecule has 0 aromatic carbocycles. The van der Waals surface area contributed by atoms with Gasteiger partial charge in [0, 0.05) is 24.0 Å². The molecule has 0 spiro atoms. The standard InChI is InChI=1S/C11H17N3O2S/c1-14-2-3-17-6-9(14)10-12-11(16-13-10)7-4-8(15)5-7/h7-9,15H,2-6H2,1H3. The van der Waals surface area contributed by atoms with Crippen LogP contribution in [0, 0.1) is 0 Å². The number of hydrogen-bond acceptors (Lipinski definition) is 6. The molecular formula is C11H17N3O2S. The minimum atomic E-state index is -0.178. The molecule has 0 radical (unpaired) electrons. The maximum atomic E-state index is 9.28. The molecule has 1 N–H and O–H groups in total. The van der Waals surface area contributed by atoms with E-state index in [4.69, 9.17) is 4.52 Å². The quantitative estimate of drug-likeness (QED) is 0.851. The first-order chi connectivity index (χ1) is 8.24. The summed E-state index contributed by atoms with van der Waals surface area (Å²) in [6.45, 7) is 1.07. The highest BCUT2D eigenvalue weighted by atomic mass is 32.2. The average Bonchev–Trinajstić information content (AvgIpc) is 2.74. The molecule has 6 heteroatoms. The van der Waals surface area contributed by atoms with E-state index in [-0.39, 0.29) is 18.1 Å². The molecule has 0 bridgehead atoms. The molecule has 3 rings (SSSR count). The summed E-state index contributed by atoms with van der Waals surface area (Å²) in [5.74, 6) is 3.98. The first kappa shape index (κ1) is 11.5. The van der Waals surface area contributed by atoms with Crippen LogP contribution in [-0.4, -0.2) is 51.3 Å². The highest BCUT2D eigenvalue weighted by molar-refractivity contribution is 7.99. The molecule has 1 saturated carbocycles. The van der Waals surface area contributed by atoms with Gasteiger partial charge in [0.2, 0.25) is 5.89 Å². The van der Waals surface area contributed by atoms with Crippen molar-refractivity contribution in [3.05, 3.63) is 11.7 Å².